The summed E-state index contributed by atoms with van der Waals surface area (Å²) in [5.74, 6) is 0.0445. The van der Waals surface area contributed by atoms with E-state index in [1.54, 1.807) is 37.4 Å². The number of amides is 1. The number of Topliss-reactive ketones (excluding diaryl/α,β-unsaturated/α-hetero) is 1. The topological polar surface area (TPSA) is 66.8 Å². The lowest BCUT2D eigenvalue weighted by molar-refractivity contribution is -0.142. The van der Waals surface area contributed by atoms with Crippen molar-refractivity contribution in [1.29, 1.82) is 0 Å². The molecule has 2 aromatic carbocycles. The highest BCUT2D eigenvalue weighted by Crippen LogP contribution is 2.46. The Morgan fingerprint density at radius 1 is 1.22 bits per heavy atom. The van der Waals surface area contributed by atoms with E-state index in [1.807, 2.05) is 19.1 Å². The second kappa shape index (κ2) is 7.71. The molecule has 1 N–H and O–H groups in total. The number of hydrogen-bond acceptors (Lipinski definition) is 4. The smallest absolute Gasteiger partial charge is 0.264 e. The van der Waals surface area contributed by atoms with Gasteiger partial charge in [0.2, 0.25) is 0 Å². The molecule has 0 bridgehead atoms. The molecule has 0 saturated carbocycles. The summed E-state index contributed by atoms with van der Waals surface area (Å²) in [5.41, 5.74) is -0.164. The third-order valence-electron chi connectivity index (χ3n) is 4.78. The first-order valence-electron chi connectivity index (χ1n) is 8.88. The number of aliphatic hydroxyl groups is 1. The number of anilines is 1. The highest BCUT2D eigenvalue weighted by atomic mass is 35.5. The largest absolute Gasteiger partial charge is 0.497 e. The van der Waals surface area contributed by atoms with Gasteiger partial charge in [-0.2, -0.15) is 0 Å². The summed E-state index contributed by atoms with van der Waals surface area (Å²) >= 11 is 6.36. The highest BCUT2D eigenvalue weighted by Gasteiger charge is 2.51. The number of nitrogens with zero attached hydrogens (tertiary/aromatic N) is 1. The van der Waals surface area contributed by atoms with Crippen LogP contribution >= 0.6 is 11.6 Å². The van der Waals surface area contributed by atoms with Gasteiger partial charge in [0.25, 0.3) is 5.91 Å². The van der Waals surface area contributed by atoms with E-state index in [9.17, 15) is 14.7 Å². The number of carbonyl (C=O) groups is 2. The molecule has 0 radical (unpaired) electrons. The van der Waals surface area contributed by atoms with Crippen LogP contribution in [0.2, 0.25) is 5.02 Å². The summed E-state index contributed by atoms with van der Waals surface area (Å²) in [4.78, 5) is 26.8. The van der Waals surface area contributed by atoms with E-state index >= 15 is 0 Å². The molecule has 2 aromatic rings. The standard InChI is InChI=1S/C21H22ClNO4/c1-3-5-15(24)12-21(26)17-6-4-7-18(22)19(17)23(20(21)25)13-14-8-10-16(27-2)11-9-14/h4,6-11,26H,3,5,12-13H2,1-2H3. The van der Waals surface area contributed by atoms with E-state index in [0.717, 1.165) is 5.56 Å². The first kappa shape index (κ1) is 19.4. The van der Waals surface area contributed by atoms with Crippen LogP contribution in [0.5, 0.6) is 5.75 Å². The maximum absolute atomic E-state index is 13.1. The molecule has 1 atom stereocenters. The number of carbonyl (C=O) groups excluding carboxylic acids is 2. The molecular formula is C21H22ClNO4. The van der Waals surface area contributed by atoms with Crippen LogP contribution in [-0.4, -0.2) is 23.9 Å². The van der Waals surface area contributed by atoms with Crippen LogP contribution in [-0.2, 0) is 21.7 Å². The van der Waals surface area contributed by atoms with Crippen molar-refractivity contribution in [2.45, 2.75) is 38.3 Å². The van der Waals surface area contributed by atoms with Crippen LogP contribution in [0.3, 0.4) is 0 Å². The third kappa shape index (κ3) is 3.57. The second-order valence-corrected chi connectivity index (χ2v) is 7.11. The van der Waals surface area contributed by atoms with Crippen molar-refractivity contribution in [1.82, 2.24) is 0 Å². The highest BCUT2D eigenvalue weighted by molar-refractivity contribution is 6.35. The molecule has 1 heterocycles. The lowest BCUT2D eigenvalue weighted by Crippen LogP contribution is -2.41. The molecule has 0 fully saturated rings. The normalized spacial score (nSPS) is 18.5. The van der Waals surface area contributed by atoms with Crippen LogP contribution in [0.25, 0.3) is 0 Å². The van der Waals surface area contributed by atoms with Crippen LogP contribution in [0.4, 0.5) is 5.69 Å². The number of methoxy groups -OCH3 is 1. The van der Waals surface area contributed by atoms with Crippen LogP contribution in [0.1, 0.15) is 37.3 Å². The number of fused-ring (bicyclic) bond motifs is 1. The van der Waals surface area contributed by atoms with Gasteiger partial charge in [0.05, 0.1) is 24.4 Å². The van der Waals surface area contributed by atoms with Gasteiger partial charge in [-0.3, -0.25) is 9.59 Å². The number of halogens is 1. The lowest BCUT2D eigenvalue weighted by Gasteiger charge is -2.23. The van der Waals surface area contributed by atoms with Gasteiger partial charge in [0.1, 0.15) is 11.5 Å². The van der Waals surface area contributed by atoms with Crippen molar-refractivity contribution in [3.63, 3.8) is 0 Å². The number of hydrogen-bond donors (Lipinski definition) is 1. The average Bonchev–Trinajstić information content (AvgIpc) is 2.85. The zero-order valence-electron chi connectivity index (χ0n) is 15.4. The summed E-state index contributed by atoms with van der Waals surface area (Å²) in [6.07, 6.45) is 0.747. The van der Waals surface area contributed by atoms with Crippen LogP contribution in [0.15, 0.2) is 42.5 Å². The summed E-state index contributed by atoms with van der Waals surface area (Å²) in [6.45, 7) is 2.13. The van der Waals surface area contributed by atoms with Gasteiger partial charge in [-0.1, -0.05) is 42.8 Å². The first-order valence-corrected chi connectivity index (χ1v) is 9.26. The Labute approximate surface area is 163 Å². The van der Waals surface area contributed by atoms with Gasteiger partial charge < -0.3 is 14.7 Å². The quantitative estimate of drug-likeness (QED) is 0.783. The Morgan fingerprint density at radius 3 is 2.56 bits per heavy atom. The zero-order chi connectivity index (χ0) is 19.6. The molecule has 1 unspecified atom stereocenters. The molecule has 0 spiro atoms. The van der Waals surface area contributed by atoms with E-state index in [0.29, 0.717) is 34.9 Å². The fourth-order valence-electron chi connectivity index (χ4n) is 3.45. The minimum atomic E-state index is -1.88. The monoisotopic (exact) mass is 387 g/mol. The molecular weight excluding hydrogens is 366 g/mol. The fourth-order valence-corrected chi connectivity index (χ4v) is 3.73. The fraction of sp³-hybridized carbons (Fsp3) is 0.333. The summed E-state index contributed by atoms with van der Waals surface area (Å²) in [6, 6.07) is 12.3. The molecule has 0 saturated heterocycles. The van der Waals surface area contributed by atoms with Crippen LogP contribution in [0, 0.1) is 0 Å². The Bertz CT molecular complexity index is 865. The van der Waals surface area contributed by atoms with Gasteiger partial charge in [0.15, 0.2) is 5.60 Å². The van der Waals surface area contributed by atoms with Crippen molar-refractivity contribution >= 4 is 29.0 Å². The second-order valence-electron chi connectivity index (χ2n) is 6.70. The molecule has 6 heteroatoms. The maximum atomic E-state index is 13.1. The lowest BCUT2D eigenvalue weighted by atomic mass is 9.89. The Balaban J connectivity index is 1.98. The third-order valence-corrected chi connectivity index (χ3v) is 5.09. The minimum Gasteiger partial charge on any atom is -0.497 e. The number of rotatable bonds is 7. The number of ketones is 1. The molecule has 3 rings (SSSR count). The summed E-state index contributed by atoms with van der Waals surface area (Å²) in [5, 5.41) is 11.5. The van der Waals surface area contributed by atoms with Gasteiger partial charge in [-0.25, -0.2) is 0 Å². The van der Waals surface area contributed by atoms with Gasteiger partial charge in [-0.05, 0) is 30.2 Å². The first-order chi connectivity index (χ1) is 12.9. The van der Waals surface area contributed by atoms with E-state index in [2.05, 4.69) is 0 Å². The summed E-state index contributed by atoms with van der Waals surface area (Å²) < 4.78 is 5.16. The van der Waals surface area contributed by atoms with Crippen LogP contribution < -0.4 is 9.64 Å². The molecule has 0 aromatic heterocycles. The van der Waals surface area contributed by atoms with Crippen molar-refractivity contribution in [3.8, 4) is 5.75 Å². The average molecular weight is 388 g/mol. The van der Waals surface area contributed by atoms with Gasteiger partial charge in [0, 0.05) is 18.4 Å². The Kier molecular flexibility index (Phi) is 5.53. The number of para-hydroxylation sites is 1. The number of benzene rings is 2. The zero-order valence-corrected chi connectivity index (χ0v) is 16.1. The van der Waals surface area contributed by atoms with E-state index < -0.39 is 11.5 Å². The van der Waals surface area contributed by atoms with E-state index in [4.69, 9.17) is 16.3 Å². The Hall–Kier alpha value is -2.37. The van der Waals surface area contributed by atoms with Crippen molar-refractivity contribution < 1.29 is 19.4 Å². The SMILES string of the molecule is CCCC(=O)CC1(O)C(=O)N(Cc2ccc(OC)cc2)c2c(Cl)cccc21. The molecule has 142 valence electrons. The van der Waals surface area contributed by atoms with E-state index in [1.165, 1.54) is 4.90 Å². The van der Waals surface area contributed by atoms with Crippen molar-refractivity contribution in [2.75, 3.05) is 12.0 Å². The molecule has 1 amide bonds. The minimum absolute atomic E-state index is 0.148. The molecule has 5 nitrogen and oxygen atoms in total. The van der Waals surface area contributed by atoms with Gasteiger partial charge in [-0.15, -0.1) is 0 Å². The molecule has 1 aliphatic rings. The maximum Gasteiger partial charge on any atom is 0.264 e. The van der Waals surface area contributed by atoms with Crippen molar-refractivity contribution in [2.24, 2.45) is 0 Å². The predicted molar refractivity (Wildman–Crippen MR) is 104 cm³/mol. The predicted octanol–water partition coefficient (Wildman–Crippen LogP) is 3.84. The molecule has 1 aliphatic heterocycles. The number of ether oxygens (including phenoxy) is 1. The molecule has 0 aliphatic carbocycles. The van der Waals surface area contributed by atoms with E-state index in [-0.39, 0.29) is 18.7 Å². The Morgan fingerprint density at radius 2 is 1.93 bits per heavy atom. The molecule has 27 heavy (non-hydrogen) atoms. The van der Waals surface area contributed by atoms with Gasteiger partial charge >= 0.3 is 0 Å². The van der Waals surface area contributed by atoms with Crippen molar-refractivity contribution in [3.05, 3.63) is 58.6 Å². The summed E-state index contributed by atoms with van der Waals surface area (Å²) in [7, 11) is 1.59.